The van der Waals surface area contributed by atoms with Crippen LogP contribution in [0.15, 0.2) is 48.5 Å². The minimum Gasteiger partial charge on any atom is -0.465 e. The van der Waals surface area contributed by atoms with Gasteiger partial charge in [0, 0.05) is 6.42 Å². The number of hydrogen-bond donors (Lipinski definition) is 1. The molecule has 1 amide bonds. The molecule has 1 aliphatic heterocycles. The summed E-state index contributed by atoms with van der Waals surface area (Å²) in [4.78, 5) is 36.8. The van der Waals surface area contributed by atoms with Gasteiger partial charge in [0.25, 0.3) is 5.91 Å². The zero-order chi connectivity index (χ0) is 18.0. The lowest BCUT2D eigenvalue weighted by atomic mass is 9.89. The van der Waals surface area contributed by atoms with Gasteiger partial charge in [0.15, 0.2) is 5.60 Å². The van der Waals surface area contributed by atoms with Crippen LogP contribution < -0.4 is 5.32 Å². The molecule has 1 heterocycles. The Balaban J connectivity index is 1.88. The first-order chi connectivity index (χ1) is 11.9. The number of methoxy groups -OCH3 is 1. The molecule has 0 spiro atoms. The Hall–Kier alpha value is -3.15. The van der Waals surface area contributed by atoms with Crippen molar-refractivity contribution in [3.63, 3.8) is 0 Å². The summed E-state index contributed by atoms with van der Waals surface area (Å²) in [5.41, 5.74) is 0.370. The maximum atomic E-state index is 12.8. The van der Waals surface area contributed by atoms with Crippen molar-refractivity contribution < 1.29 is 23.9 Å². The second-order valence-electron chi connectivity index (χ2n) is 5.95. The maximum Gasteiger partial charge on any atom is 0.339 e. The Morgan fingerprint density at radius 2 is 1.80 bits per heavy atom. The highest BCUT2D eigenvalue weighted by atomic mass is 16.6. The van der Waals surface area contributed by atoms with Crippen LogP contribution in [0.3, 0.4) is 0 Å². The number of rotatable bonds is 3. The van der Waals surface area contributed by atoms with Crippen LogP contribution >= 0.6 is 0 Å². The van der Waals surface area contributed by atoms with Crippen molar-refractivity contribution >= 4 is 23.5 Å². The lowest BCUT2D eigenvalue weighted by Gasteiger charge is -2.33. The van der Waals surface area contributed by atoms with E-state index in [1.54, 1.807) is 49.4 Å². The van der Waals surface area contributed by atoms with Gasteiger partial charge in [-0.05, 0) is 30.7 Å². The van der Waals surface area contributed by atoms with Gasteiger partial charge in [0.1, 0.15) is 0 Å². The average Bonchev–Trinajstić information content (AvgIpc) is 2.61. The molecule has 1 aliphatic rings. The van der Waals surface area contributed by atoms with Crippen molar-refractivity contribution in [1.29, 1.82) is 0 Å². The summed E-state index contributed by atoms with van der Waals surface area (Å²) < 4.78 is 10.1. The highest BCUT2D eigenvalue weighted by Gasteiger charge is 2.42. The zero-order valence-electron chi connectivity index (χ0n) is 13.9. The van der Waals surface area contributed by atoms with Crippen LogP contribution in [-0.4, -0.2) is 30.6 Å². The van der Waals surface area contributed by atoms with Gasteiger partial charge in [-0.1, -0.05) is 30.3 Å². The van der Waals surface area contributed by atoms with E-state index in [1.807, 2.05) is 6.07 Å². The first-order valence-electron chi connectivity index (χ1n) is 7.74. The van der Waals surface area contributed by atoms with Crippen LogP contribution in [0.4, 0.5) is 5.69 Å². The fraction of sp³-hybridized carbons (Fsp3) is 0.211. The summed E-state index contributed by atoms with van der Waals surface area (Å²) in [7, 11) is 1.27. The van der Waals surface area contributed by atoms with Crippen LogP contribution in [0.1, 0.15) is 33.2 Å². The first kappa shape index (κ1) is 16.7. The van der Waals surface area contributed by atoms with Gasteiger partial charge in [-0.2, -0.15) is 0 Å². The Bertz CT molecular complexity index is 860. The molecule has 0 aromatic heterocycles. The minimum atomic E-state index is -1.37. The normalized spacial score (nSPS) is 18.7. The van der Waals surface area contributed by atoms with E-state index in [0.29, 0.717) is 11.3 Å². The Labute approximate surface area is 144 Å². The molecule has 0 saturated heterocycles. The molecule has 6 nitrogen and oxygen atoms in total. The van der Waals surface area contributed by atoms with Crippen molar-refractivity contribution in [1.82, 2.24) is 0 Å². The first-order valence-corrected chi connectivity index (χ1v) is 7.74. The number of carbonyl (C=O) groups is 3. The fourth-order valence-electron chi connectivity index (χ4n) is 2.79. The third-order valence-corrected chi connectivity index (χ3v) is 4.14. The summed E-state index contributed by atoms with van der Waals surface area (Å²) in [6.45, 7) is 1.55. The molecule has 1 atom stereocenters. The second kappa shape index (κ2) is 6.39. The lowest BCUT2D eigenvalue weighted by Crippen LogP contribution is -2.49. The number of carbonyl (C=O) groups excluding carboxylic acids is 3. The van der Waals surface area contributed by atoms with Crippen molar-refractivity contribution in [3.05, 3.63) is 65.2 Å². The number of amides is 1. The molecule has 1 unspecified atom stereocenters. The molecule has 0 radical (unpaired) electrons. The molecule has 3 rings (SSSR count). The van der Waals surface area contributed by atoms with E-state index in [9.17, 15) is 14.4 Å². The number of hydrogen-bond acceptors (Lipinski definition) is 5. The molecule has 2 aromatic rings. The molecule has 0 bridgehead atoms. The summed E-state index contributed by atoms with van der Waals surface area (Å²) in [6.07, 6.45) is 0.251. The van der Waals surface area contributed by atoms with Crippen LogP contribution in [0, 0.1) is 0 Å². The monoisotopic (exact) mass is 339 g/mol. The zero-order valence-corrected chi connectivity index (χ0v) is 13.9. The number of cyclic esters (lactones) is 1. The third-order valence-electron chi connectivity index (χ3n) is 4.14. The summed E-state index contributed by atoms with van der Waals surface area (Å²) in [5.74, 6) is -1.61. The van der Waals surface area contributed by atoms with Gasteiger partial charge in [-0.3, -0.25) is 4.79 Å². The lowest BCUT2D eigenvalue weighted by molar-refractivity contribution is -0.134. The Morgan fingerprint density at radius 1 is 1.12 bits per heavy atom. The number of esters is 2. The number of anilines is 1. The molecule has 0 saturated carbocycles. The van der Waals surface area contributed by atoms with E-state index in [0.717, 1.165) is 5.56 Å². The van der Waals surface area contributed by atoms with E-state index in [-0.39, 0.29) is 12.0 Å². The number of ether oxygens (including phenoxy) is 2. The van der Waals surface area contributed by atoms with E-state index in [1.165, 1.54) is 7.11 Å². The summed E-state index contributed by atoms with van der Waals surface area (Å²) in [6, 6.07) is 13.5. The van der Waals surface area contributed by atoms with E-state index in [2.05, 4.69) is 5.32 Å². The molecule has 1 N–H and O–H groups in total. The third kappa shape index (κ3) is 3.10. The van der Waals surface area contributed by atoms with Gasteiger partial charge in [-0.25, -0.2) is 9.59 Å². The van der Waals surface area contributed by atoms with Crippen molar-refractivity contribution in [2.45, 2.75) is 18.9 Å². The van der Waals surface area contributed by atoms with Crippen LogP contribution in [0.5, 0.6) is 0 Å². The minimum absolute atomic E-state index is 0.226. The van der Waals surface area contributed by atoms with Crippen molar-refractivity contribution in [2.24, 2.45) is 0 Å². The van der Waals surface area contributed by atoms with E-state index >= 15 is 0 Å². The van der Waals surface area contributed by atoms with Crippen LogP contribution in [-0.2, 0) is 20.7 Å². The fourth-order valence-corrected chi connectivity index (χ4v) is 2.79. The predicted molar refractivity (Wildman–Crippen MR) is 90.4 cm³/mol. The number of para-hydroxylation sites is 1. The van der Waals surface area contributed by atoms with Crippen LogP contribution in [0.25, 0.3) is 0 Å². The quantitative estimate of drug-likeness (QED) is 0.869. The van der Waals surface area contributed by atoms with Crippen molar-refractivity contribution in [3.8, 4) is 0 Å². The maximum absolute atomic E-state index is 12.8. The smallest absolute Gasteiger partial charge is 0.339 e. The largest absolute Gasteiger partial charge is 0.465 e. The van der Waals surface area contributed by atoms with Gasteiger partial charge >= 0.3 is 11.9 Å². The number of nitrogens with one attached hydrogen (secondary N) is 1. The van der Waals surface area contributed by atoms with E-state index < -0.39 is 23.4 Å². The highest BCUT2D eigenvalue weighted by molar-refractivity contribution is 6.06. The van der Waals surface area contributed by atoms with Crippen LogP contribution in [0.2, 0.25) is 0 Å². The van der Waals surface area contributed by atoms with Gasteiger partial charge in [0.05, 0.1) is 23.9 Å². The van der Waals surface area contributed by atoms with Crippen molar-refractivity contribution in [2.75, 3.05) is 12.4 Å². The summed E-state index contributed by atoms with van der Waals surface area (Å²) in [5, 5.41) is 2.67. The average molecular weight is 339 g/mol. The molecule has 25 heavy (non-hydrogen) atoms. The molecule has 0 aliphatic carbocycles. The Morgan fingerprint density at radius 3 is 2.56 bits per heavy atom. The highest BCUT2D eigenvalue weighted by Crippen LogP contribution is 2.29. The second-order valence-corrected chi connectivity index (χ2v) is 5.95. The molecular formula is C19H17NO5. The Kier molecular flexibility index (Phi) is 4.27. The van der Waals surface area contributed by atoms with Gasteiger partial charge in [0.2, 0.25) is 0 Å². The SMILES string of the molecule is COC(=O)c1ccccc1NC(=O)C1(C)Cc2ccccc2C(=O)O1. The molecule has 6 heteroatoms. The molecule has 2 aromatic carbocycles. The molecule has 0 fully saturated rings. The molecular weight excluding hydrogens is 322 g/mol. The van der Waals surface area contributed by atoms with Gasteiger partial charge < -0.3 is 14.8 Å². The predicted octanol–water partition coefficient (Wildman–Crippen LogP) is 2.58. The van der Waals surface area contributed by atoms with Gasteiger partial charge in [-0.15, -0.1) is 0 Å². The number of fused-ring (bicyclic) bond motifs is 1. The topological polar surface area (TPSA) is 81.7 Å². The number of benzene rings is 2. The van der Waals surface area contributed by atoms with E-state index in [4.69, 9.17) is 9.47 Å². The summed E-state index contributed by atoms with van der Waals surface area (Å²) >= 11 is 0. The standard InChI is InChI=1S/C19H17NO5/c1-19(11-12-7-3-4-8-13(12)17(22)25-19)18(23)20-15-10-6-5-9-14(15)16(21)24-2/h3-10H,11H2,1-2H3,(H,20,23). The molecule has 128 valence electrons.